The van der Waals surface area contributed by atoms with Crippen molar-refractivity contribution in [2.24, 2.45) is 16.0 Å². The van der Waals surface area contributed by atoms with Gasteiger partial charge < -0.3 is 5.73 Å². The van der Waals surface area contributed by atoms with Crippen LogP contribution in [0.1, 0.15) is 26.7 Å². The van der Waals surface area contributed by atoms with Gasteiger partial charge in [-0.25, -0.2) is 0 Å². The van der Waals surface area contributed by atoms with E-state index < -0.39 is 11.4 Å². The summed E-state index contributed by atoms with van der Waals surface area (Å²) < 4.78 is 0. The Labute approximate surface area is 71.5 Å². The molecule has 2 N–H and O–H groups in total. The smallest absolute Gasteiger partial charge is 0.251 e. The van der Waals surface area contributed by atoms with Crippen LogP contribution in [0.4, 0.5) is 0 Å². The second-order valence-corrected chi connectivity index (χ2v) is 2.80. The third-order valence-electron chi connectivity index (χ3n) is 2.27. The van der Waals surface area contributed by atoms with Gasteiger partial charge in [-0.15, -0.1) is 0 Å². The van der Waals surface area contributed by atoms with Gasteiger partial charge in [-0.05, 0) is 18.4 Å². The number of hydrogen-bond acceptors (Lipinski definition) is 3. The topological polar surface area (TPSA) is 67.8 Å². The molecule has 0 fully saturated rings. The summed E-state index contributed by atoms with van der Waals surface area (Å²) in [6.45, 7) is 3.86. The van der Waals surface area contributed by atoms with Crippen LogP contribution < -0.4 is 5.73 Å². The largest absolute Gasteiger partial charge is 0.367 e. The third-order valence-corrected chi connectivity index (χ3v) is 2.27. The second-order valence-electron chi connectivity index (χ2n) is 2.80. The summed E-state index contributed by atoms with van der Waals surface area (Å²) >= 11 is 0. The van der Waals surface area contributed by atoms with Gasteiger partial charge in [0.25, 0.3) is 5.91 Å². The van der Waals surface area contributed by atoms with Crippen molar-refractivity contribution in [2.45, 2.75) is 32.2 Å². The van der Waals surface area contributed by atoms with Crippen molar-refractivity contribution >= 4 is 5.91 Å². The maximum atomic E-state index is 11.2. The first-order valence-corrected chi connectivity index (χ1v) is 4.08. The van der Waals surface area contributed by atoms with Gasteiger partial charge in [-0.2, -0.15) is 10.2 Å². The number of hydrogen-bond donors (Lipinski definition) is 1. The van der Waals surface area contributed by atoms with Crippen LogP contribution in [-0.4, -0.2) is 11.4 Å². The average molecular weight is 167 g/mol. The van der Waals surface area contributed by atoms with Crippen molar-refractivity contribution in [3.8, 4) is 0 Å². The molecule has 1 amide bonds. The molecule has 1 aliphatic heterocycles. The molecule has 0 saturated carbocycles. The number of primary amides is 1. The van der Waals surface area contributed by atoms with Crippen LogP contribution in [0.5, 0.6) is 0 Å². The SMILES string of the molecule is CCC1=CN=NC1(CC)C(N)=O. The highest BCUT2D eigenvalue weighted by atomic mass is 16.1. The van der Waals surface area contributed by atoms with Crippen LogP contribution in [0.2, 0.25) is 0 Å². The number of azo groups is 1. The fraction of sp³-hybridized carbons (Fsp3) is 0.625. The first-order chi connectivity index (χ1) is 5.67. The van der Waals surface area contributed by atoms with Crippen molar-refractivity contribution in [2.75, 3.05) is 0 Å². The molecule has 66 valence electrons. The second kappa shape index (κ2) is 3.05. The number of nitrogens with zero attached hydrogens (tertiary/aromatic N) is 2. The molecule has 0 bridgehead atoms. The van der Waals surface area contributed by atoms with Crippen LogP contribution >= 0.6 is 0 Å². The highest BCUT2D eigenvalue weighted by Crippen LogP contribution is 2.32. The van der Waals surface area contributed by atoms with Crippen molar-refractivity contribution in [1.29, 1.82) is 0 Å². The lowest BCUT2D eigenvalue weighted by Gasteiger charge is -2.21. The van der Waals surface area contributed by atoms with Crippen LogP contribution in [-0.2, 0) is 4.79 Å². The molecule has 0 aromatic rings. The van der Waals surface area contributed by atoms with Gasteiger partial charge in [0.1, 0.15) is 0 Å². The van der Waals surface area contributed by atoms with E-state index in [1.165, 1.54) is 0 Å². The molecule has 0 aliphatic carbocycles. The zero-order valence-electron chi connectivity index (χ0n) is 7.37. The summed E-state index contributed by atoms with van der Waals surface area (Å²) in [7, 11) is 0. The van der Waals surface area contributed by atoms with Crippen molar-refractivity contribution in [1.82, 2.24) is 0 Å². The average Bonchev–Trinajstić information content (AvgIpc) is 2.47. The van der Waals surface area contributed by atoms with Gasteiger partial charge in [0.05, 0.1) is 6.20 Å². The molecular formula is C8H13N3O. The van der Waals surface area contributed by atoms with Crippen LogP contribution in [0, 0.1) is 0 Å². The van der Waals surface area contributed by atoms with E-state index in [-0.39, 0.29) is 0 Å². The molecule has 12 heavy (non-hydrogen) atoms. The Hall–Kier alpha value is -1.19. The zero-order chi connectivity index (χ0) is 9.19. The lowest BCUT2D eigenvalue weighted by atomic mass is 9.87. The number of nitrogens with two attached hydrogens (primary N) is 1. The normalized spacial score (nSPS) is 27.3. The lowest BCUT2D eigenvalue weighted by molar-refractivity contribution is -0.121. The number of rotatable bonds is 3. The summed E-state index contributed by atoms with van der Waals surface area (Å²) in [5, 5.41) is 7.64. The molecule has 4 heteroatoms. The molecule has 1 rings (SSSR count). The molecule has 0 aromatic heterocycles. The van der Waals surface area contributed by atoms with Gasteiger partial charge in [-0.1, -0.05) is 13.8 Å². The van der Waals surface area contributed by atoms with E-state index in [1.807, 2.05) is 13.8 Å². The van der Waals surface area contributed by atoms with Crippen LogP contribution in [0.15, 0.2) is 22.0 Å². The molecule has 0 aromatic carbocycles. The van der Waals surface area contributed by atoms with E-state index in [4.69, 9.17) is 5.73 Å². The minimum atomic E-state index is -0.839. The molecule has 1 unspecified atom stereocenters. The molecule has 0 spiro atoms. The lowest BCUT2D eigenvalue weighted by Crippen LogP contribution is -2.41. The van der Waals surface area contributed by atoms with Gasteiger partial charge in [-0.3, -0.25) is 4.79 Å². The van der Waals surface area contributed by atoms with Crippen LogP contribution in [0.3, 0.4) is 0 Å². The first kappa shape index (κ1) is 8.90. The molecule has 1 atom stereocenters. The van der Waals surface area contributed by atoms with E-state index >= 15 is 0 Å². The third kappa shape index (κ3) is 1.03. The Morgan fingerprint density at radius 3 is 2.67 bits per heavy atom. The molecule has 1 heterocycles. The van der Waals surface area contributed by atoms with E-state index in [0.29, 0.717) is 6.42 Å². The molecular weight excluding hydrogens is 154 g/mol. The number of amides is 1. The zero-order valence-corrected chi connectivity index (χ0v) is 7.37. The quantitative estimate of drug-likeness (QED) is 0.677. The fourth-order valence-corrected chi connectivity index (χ4v) is 1.43. The molecule has 0 radical (unpaired) electrons. The first-order valence-electron chi connectivity index (χ1n) is 4.08. The van der Waals surface area contributed by atoms with Gasteiger partial charge in [0.2, 0.25) is 0 Å². The highest BCUT2D eigenvalue weighted by molar-refractivity contribution is 5.89. The van der Waals surface area contributed by atoms with E-state index in [2.05, 4.69) is 10.2 Å². The summed E-state index contributed by atoms with van der Waals surface area (Å²) in [5.74, 6) is -0.403. The summed E-state index contributed by atoms with van der Waals surface area (Å²) in [4.78, 5) is 11.2. The summed E-state index contributed by atoms with van der Waals surface area (Å²) in [6, 6.07) is 0. The maximum Gasteiger partial charge on any atom is 0.251 e. The van der Waals surface area contributed by atoms with Gasteiger partial charge in [0.15, 0.2) is 5.54 Å². The van der Waals surface area contributed by atoms with Crippen molar-refractivity contribution < 1.29 is 4.79 Å². The van der Waals surface area contributed by atoms with Gasteiger partial charge in [0, 0.05) is 0 Å². The standard InChI is InChI=1S/C8H13N3O/c1-3-6-5-10-11-8(6,4-2)7(9)12/h5H,3-4H2,1-2H3,(H2,9,12). The van der Waals surface area contributed by atoms with Crippen molar-refractivity contribution in [3.63, 3.8) is 0 Å². The Kier molecular flexibility index (Phi) is 2.26. The number of carbonyl (C=O) groups excluding carboxylic acids is 1. The monoisotopic (exact) mass is 167 g/mol. The Morgan fingerprint density at radius 2 is 2.33 bits per heavy atom. The predicted octanol–water partition coefficient (Wildman–Crippen LogP) is 1.38. The molecule has 0 saturated heterocycles. The van der Waals surface area contributed by atoms with E-state index in [0.717, 1.165) is 12.0 Å². The minimum Gasteiger partial charge on any atom is -0.367 e. The van der Waals surface area contributed by atoms with E-state index in [9.17, 15) is 4.79 Å². The Morgan fingerprint density at radius 1 is 1.67 bits per heavy atom. The number of carbonyl (C=O) groups is 1. The van der Waals surface area contributed by atoms with E-state index in [1.54, 1.807) is 6.20 Å². The highest BCUT2D eigenvalue weighted by Gasteiger charge is 2.40. The summed E-state index contributed by atoms with van der Waals surface area (Å²) in [6.07, 6.45) is 2.99. The van der Waals surface area contributed by atoms with Crippen LogP contribution in [0.25, 0.3) is 0 Å². The maximum absolute atomic E-state index is 11.2. The fourth-order valence-electron chi connectivity index (χ4n) is 1.43. The molecule has 4 nitrogen and oxygen atoms in total. The Bertz CT molecular complexity index is 257. The Balaban J connectivity index is 3.02. The molecule has 1 aliphatic rings. The van der Waals surface area contributed by atoms with Crippen molar-refractivity contribution in [3.05, 3.63) is 11.8 Å². The predicted molar refractivity (Wildman–Crippen MR) is 45.4 cm³/mol. The van der Waals surface area contributed by atoms with Gasteiger partial charge >= 0.3 is 0 Å². The minimum absolute atomic E-state index is 0.403. The summed E-state index contributed by atoms with van der Waals surface area (Å²) in [5.41, 5.74) is 5.35.